The summed E-state index contributed by atoms with van der Waals surface area (Å²) in [5.74, 6) is 1.57. The van der Waals surface area contributed by atoms with E-state index in [-0.39, 0.29) is 6.10 Å². The average molecular weight is 339 g/mol. The Balaban J connectivity index is 1.42. The predicted octanol–water partition coefficient (Wildman–Crippen LogP) is 2.66. The van der Waals surface area contributed by atoms with Crippen molar-refractivity contribution < 1.29 is 4.74 Å². The molecule has 3 heterocycles. The largest absolute Gasteiger partial charge is 0.373 e. The Morgan fingerprint density at radius 2 is 2.20 bits per heavy atom. The first-order valence-corrected chi connectivity index (χ1v) is 9.01. The van der Waals surface area contributed by atoms with Crippen LogP contribution in [0.3, 0.4) is 0 Å². The Morgan fingerprint density at radius 1 is 1.32 bits per heavy atom. The fourth-order valence-electron chi connectivity index (χ4n) is 3.78. The quantitative estimate of drug-likeness (QED) is 0.750. The highest BCUT2D eigenvalue weighted by molar-refractivity contribution is 5.75. The highest BCUT2D eigenvalue weighted by Crippen LogP contribution is 2.33. The maximum atomic E-state index is 5.95. The van der Waals surface area contributed by atoms with Gasteiger partial charge in [-0.15, -0.1) is 0 Å². The summed E-state index contributed by atoms with van der Waals surface area (Å²) in [6.07, 6.45) is 5.20. The standard InChI is InChI=1S/C19H25N5O/c1-3-24-17-7-5-4-6-16(17)22-18(24)12-20-10-14-8-9-25-19(14)15-11-21-23(2)13-15/h4-7,11,13-14,19-20H,3,8-10,12H2,1-2H3/t14-,19-/m0/s1. The Hall–Kier alpha value is -2.18. The van der Waals surface area contributed by atoms with Crippen LogP contribution in [0.25, 0.3) is 11.0 Å². The smallest absolute Gasteiger partial charge is 0.123 e. The number of nitrogens with one attached hydrogen (secondary N) is 1. The summed E-state index contributed by atoms with van der Waals surface area (Å²) >= 11 is 0. The molecular weight excluding hydrogens is 314 g/mol. The van der Waals surface area contributed by atoms with E-state index in [1.807, 2.05) is 24.0 Å². The van der Waals surface area contributed by atoms with Gasteiger partial charge in [-0.1, -0.05) is 12.1 Å². The Bertz CT molecular complexity index is 852. The average Bonchev–Trinajstić information content (AvgIpc) is 3.32. The van der Waals surface area contributed by atoms with Crippen LogP contribution in [-0.2, 0) is 24.9 Å². The summed E-state index contributed by atoms with van der Waals surface area (Å²) in [6, 6.07) is 8.33. The van der Waals surface area contributed by atoms with E-state index in [9.17, 15) is 0 Å². The van der Waals surface area contributed by atoms with E-state index in [2.05, 4.69) is 46.3 Å². The molecule has 2 aromatic heterocycles. The first-order valence-electron chi connectivity index (χ1n) is 9.01. The number of imidazole rings is 1. The number of hydrogen-bond donors (Lipinski definition) is 1. The van der Waals surface area contributed by atoms with Crippen LogP contribution in [0.5, 0.6) is 0 Å². The number of aryl methyl sites for hydroxylation is 2. The third-order valence-electron chi connectivity index (χ3n) is 5.01. The van der Waals surface area contributed by atoms with E-state index < -0.39 is 0 Å². The van der Waals surface area contributed by atoms with Crippen molar-refractivity contribution in [2.45, 2.75) is 32.5 Å². The molecule has 0 spiro atoms. The van der Waals surface area contributed by atoms with Gasteiger partial charge in [-0.2, -0.15) is 5.10 Å². The van der Waals surface area contributed by atoms with E-state index >= 15 is 0 Å². The Labute approximate surface area is 147 Å². The highest BCUT2D eigenvalue weighted by Gasteiger charge is 2.30. The van der Waals surface area contributed by atoms with Gasteiger partial charge in [-0.3, -0.25) is 4.68 Å². The molecule has 0 saturated carbocycles. The lowest BCUT2D eigenvalue weighted by molar-refractivity contribution is 0.0903. The number of para-hydroxylation sites is 2. The topological polar surface area (TPSA) is 56.9 Å². The molecule has 0 radical (unpaired) electrons. The van der Waals surface area contributed by atoms with Gasteiger partial charge in [-0.05, 0) is 25.5 Å². The van der Waals surface area contributed by atoms with E-state index in [1.165, 1.54) is 11.1 Å². The van der Waals surface area contributed by atoms with Crippen LogP contribution < -0.4 is 5.32 Å². The molecule has 0 unspecified atom stereocenters. The molecular formula is C19H25N5O. The van der Waals surface area contributed by atoms with Crippen molar-refractivity contribution >= 4 is 11.0 Å². The summed E-state index contributed by atoms with van der Waals surface area (Å²) in [5, 5.41) is 7.87. The summed E-state index contributed by atoms with van der Waals surface area (Å²) < 4.78 is 10.1. The molecule has 6 nitrogen and oxygen atoms in total. The van der Waals surface area contributed by atoms with Crippen LogP contribution in [0.1, 0.15) is 30.8 Å². The van der Waals surface area contributed by atoms with E-state index in [0.717, 1.165) is 44.0 Å². The van der Waals surface area contributed by atoms with Gasteiger partial charge in [-0.25, -0.2) is 4.98 Å². The zero-order valence-electron chi connectivity index (χ0n) is 14.9. The molecule has 6 heteroatoms. The van der Waals surface area contributed by atoms with Crippen molar-refractivity contribution in [2.75, 3.05) is 13.2 Å². The lowest BCUT2D eigenvalue weighted by Crippen LogP contribution is -2.25. The Kier molecular flexibility index (Phi) is 4.55. The summed E-state index contributed by atoms with van der Waals surface area (Å²) in [7, 11) is 1.95. The van der Waals surface area contributed by atoms with Gasteiger partial charge in [0.15, 0.2) is 0 Å². The van der Waals surface area contributed by atoms with E-state index in [4.69, 9.17) is 9.72 Å². The van der Waals surface area contributed by atoms with Crippen LogP contribution in [-0.4, -0.2) is 32.5 Å². The summed E-state index contributed by atoms with van der Waals surface area (Å²) in [5.41, 5.74) is 3.45. The number of rotatable bonds is 6. The first-order chi connectivity index (χ1) is 12.3. The molecule has 4 rings (SSSR count). The number of hydrogen-bond acceptors (Lipinski definition) is 4. The van der Waals surface area contributed by atoms with Crippen molar-refractivity contribution in [3.8, 4) is 0 Å². The van der Waals surface area contributed by atoms with Crippen LogP contribution in [0, 0.1) is 5.92 Å². The van der Waals surface area contributed by atoms with Crippen molar-refractivity contribution in [1.29, 1.82) is 0 Å². The molecule has 0 aliphatic carbocycles. The van der Waals surface area contributed by atoms with Gasteiger partial charge in [0.1, 0.15) is 5.82 Å². The van der Waals surface area contributed by atoms with Crippen LogP contribution in [0.15, 0.2) is 36.7 Å². The predicted molar refractivity (Wildman–Crippen MR) is 97.1 cm³/mol. The zero-order valence-corrected chi connectivity index (χ0v) is 14.9. The molecule has 1 saturated heterocycles. The molecule has 1 aliphatic rings. The fourth-order valence-corrected chi connectivity index (χ4v) is 3.78. The van der Waals surface area contributed by atoms with Gasteiger partial charge in [0.05, 0.1) is 29.9 Å². The van der Waals surface area contributed by atoms with Crippen LogP contribution in [0.2, 0.25) is 0 Å². The number of fused-ring (bicyclic) bond motifs is 1. The van der Waals surface area contributed by atoms with Gasteiger partial charge in [0, 0.05) is 44.4 Å². The third-order valence-corrected chi connectivity index (χ3v) is 5.01. The monoisotopic (exact) mass is 339 g/mol. The van der Waals surface area contributed by atoms with Crippen molar-refractivity contribution in [3.05, 3.63) is 48.0 Å². The van der Waals surface area contributed by atoms with Gasteiger partial charge >= 0.3 is 0 Å². The number of aromatic nitrogens is 4. The second-order valence-electron chi connectivity index (χ2n) is 6.68. The number of benzene rings is 1. The van der Waals surface area contributed by atoms with E-state index in [1.54, 1.807) is 0 Å². The molecule has 25 heavy (non-hydrogen) atoms. The number of ether oxygens (including phenoxy) is 1. The molecule has 2 atom stereocenters. The number of nitrogens with zero attached hydrogens (tertiary/aromatic N) is 4. The van der Waals surface area contributed by atoms with Crippen LogP contribution in [0.4, 0.5) is 0 Å². The lowest BCUT2D eigenvalue weighted by Gasteiger charge is -2.18. The molecule has 3 aromatic rings. The van der Waals surface area contributed by atoms with Crippen molar-refractivity contribution in [3.63, 3.8) is 0 Å². The minimum absolute atomic E-state index is 0.145. The maximum Gasteiger partial charge on any atom is 0.123 e. The molecule has 0 bridgehead atoms. The molecule has 1 fully saturated rings. The van der Waals surface area contributed by atoms with Crippen molar-refractivity contribution in [1.82, 2.24) is 24.6 Å². The summed E-state index contributed by atoms with van der Waals surface area (Å²) in [4.78, 5) is 4.78. The molecule has 1 aromatic carbocycles. The van der Waals surface area contributed by atoms with E-state index in [0.29, 0.717) is 5.92 Å². The van der Waals surface area contributed by atoms with Crippen molar-refractivity contribution in [2.24, 2.45) is 13.0 Å². The zero-order chi connectivity index (χ0) is 17.2. The molecule has 132 valence electrons. The second-order valence-corrected chi connectivity index (χ2v) is 6.68. The molecule has 1 aliphatic heterocycles. The minimum Gasteiger partial charge on any atom is -0.373 e. The SMILES string of the molecule is CCn1c(CNC[C@@H]2CCO[C@@H]2c2cnn(C)c2)nc2ccccc21. The van der Waals surface area contributed by atoms with Gasteiger partial charge in [0.2, 0.25) is 0 Å². The lowest BCUT2D eigenvalue weighted by atomic mass is 9.97. The second kappa shape index (κ2) is 6.98. The minimum atomic E-state index is 0.145. The first kappa shape index (κ1) is 16.3. The fraction of sp³-hybridized carbons (Fsp3) is 0.474. The Morgan fingerprint density at radius 3 is 3.00 bits per heavy atom. The van der Waals surface area contributed by atoms with Gasteiger partial charge < -0.3 is 14.6 Å². The maximum absolute atomic E-state index is 5.95. The van der Waals surface area contributed by atoms with Gasteiger partial charge in [0.25, 0.3) is 0 Å². The van der Waals surface area contributed by atoms with Crippen LogP contribution >= 0.6 is 0 Å². The molecule has 0 amide bonds. The third kappa shape index (κ3) is 3.19. The highest BCUT2D eigenvalue weighted by atomic mass is 16.5. The molecule has 1 N–H and O–H groups in total. The summed E-state index contributed by atoms with van der Waals surface area (Å²) in [6.45, 7) is 5.62. The normalized spacial score (nSPS) is 20.6.